The summed E-state index contributed by atoms with van der Waals surface area (Å²) < 4.78 is 46.8. The fraction of sp³-hybridized carbons (Fsp3) is 0.444. The Morgan fingerprint density at radius 1 is 0.929 bits per heavy atom. The number of alkyl halides is 3. The number of aliphatic hydroxyl groups excluding tert-OH is 1. The van der Waals surface area contributed by atoms with E-state index in [1.807, 2.05) is 24.3 Å². The number of furan rings is 1. The summed E-state index contributed by atoms with van der Waals surface area (Å²) in [6.07, 6.45) is 2.06. The van der Waals surface area contributed by atoms with E-state index < -0.39 is 40.2 Å². The smallest absolute Gasteiger partial charge is 0.416 e. The Bertz CT molecular complexity index is 2100. The lowest BCUT2D eigenvalue weighted by Gasteiger charge is -2.48. The first kappa shape index (κ1) is 40.7. The maximum Gasteiger partial charge on any atom is 0.416 e. The molecule has 3 aliphatic carbocycles. The molecule has 2 bridgehead atoms. The molecule has 4 atom stereocenters. The van der Waals surface area contributed by atoms with Crippen LogP contribution in [-0.2, 0) is 18.2 Å². The zero-order chi connectivity index (χ0) is 40.0. The van der Waals surface area contributed by atoms with Crippen molar-refractivity contribution in [2.75, 3.05) is 19.6 Å². The number of β-amino-alcohol motifs (C(OH)–C–C–N with tert-alkyl or cyclic N) is 1. The van der Waals surface area contributed by atoms with E-state index in [1.54, 1.807) is 18.2 Å². The predicted octanol–water partition coefficient (Wildman–Crippen LogP) is 10.5. The molecule has 0 radical (unpaired) electrons. The lowest BCUT2D eigenvalue weighted by atomic mass is 9.64. The number of benzene rings is 3. The van der Waals surface area contributed by atoms with Crippen molar-refractivity contribution in [2.45, 2.75) is 101 Å². The molecule has 4 aromatic rings. The first-order chi connectivity index (χ1) is 26.5. The third-order valence-electron chi connectivity index (χ3n) is 12.9. The number of carbonyl (C=O) groups excluding carboxylic acids is 1. The number of rotatable bonds is 6. The largest absolute Gasteiger partial charge is 0.453 e. The predicted molar refractivity (Wildman–Crippen MR) is 212 cm³/mol. The van der Waals surface area contributed by atoms with Gasteiger partial charge in [0.15, 0.2) is 5.76 Å². The fourth-order valence-electron chi connectivity index (χ4n) is 9.32. The summed E-state index contributed by atoms with van der Waals surface area (Å²) in [7, 11) is 0. The van der Waals surface area contributed by atoms with Crippen molar-refractivity contribution in [2.24, 2.45) is 5.41 Å². The number of piperidine rings is 1. The lowest BCUT2D eigenvalue weighted by molar-refractivity contribution is -0.137. The Morgan fingerprint density at radius 2 is 1.66 bits per heavy atom. The van der Waals surface area contributed by atoms with Crippen molar-refractivity contribution >= 4 is 29.0 Å². The zero-order valence-corrected chi connectivity index (χ0v) is 33.2. The molecule has 298 valence electrons. The standard InChI is InChI=1S/C45H48Cl2F3NO5/c1-28-4-3-18-42(2)37(17-19-44(42,55)27-51-22-20-43(54,21-23-51)30-7-10-32(46)11-8-30)34-13-6-29(24-33(52)12-5-28)25-35(34)41(53)40-16-15-39(56-40)36-26-31(45(48,49)50)9-14-38(36)47/h4,6-11,13-16,25-26,33,37,52,54-55H,3,5,12,17-24,27H2,1-2H3. The van der Waals surface area contributed by atoms with Crippen LogP contribution >= 0.6 is 23.2 Å². The van der Waals surface area contributed by atoms with Gasteiger partial charge >= 0.3 is 6.18 Å². The van der Waals surface area contributed by atoms with Gasteiger partial charge < -0.3 is 24.6 Å². The SMILES string of the molecule is CC1=CCCC2(C)C(CCC2(O)CN2CCC(O)(c3ccc(Cl)cc3)CC2)c2ccc(cc2C(=O)c2ccc(-c3cc(C(F)(F)F)ccc3Cl)o2)CC(O)CC1. The fourth-order valence-corrected chi connectivity index (χ4v) is 9.66. The first-order valence-electron chi connectivity index (χ1n) is 19.4. The summed E-state index contributed by atoms with van der Waals surface area (Å²) in [5.74, 6) is -0.691. The second-order valence-corrected chi connectivity index (χ2v) is 17.3. The van der Waals surface area contributed by atoms with Crippen molar-refractivity contribution in [3.05, 3.63) is 128 Å². The maximum absolute atomic E-state index is 14.6. The van der Waals surface area contributed by atoms with Crippen LogP contribution in [0.25, 0.3) is 11.3 Å². The van der Waals surface area contributed by atoms with Gasteiger partial charge in [0.1, 0.15) is 5.76 Å². The number of hydrogen-bond acceptors (Lipinski definition) is 6. The number of hydrogen-bond donors (Lipinski definition) is 3. The summed E-state index contributed by atoms with van der Waals surface area (Å²) in [5, 5.41) is 36.1. The van der Waals surface area contributed by atoms with Crippen LogP contribution in [0.4, 0.5) is 13.2 Å². The van der Waals surface area contributed by atoms with Gasteiger partial charge in [-0.2, -0.15) is 13.2 Å². The number of fused-ring (bicyclic) bond motifs is 8. The number of ketones is 1. The highest BCUT2D eigenvalue weighted by molar-refractivity contribution is 6.33. The highest BCUT2D eigenvalue weighted by atomic mass is 35.5. The average Bonchev–Trinajstić information content (AvgIpc) is 3.74. The molecule has 11 heteroatoms. The third-order valence-corrected chi connectivity index (χ3v) is 13.4. The van der Waals surface area contributed by atoms with Gasteiger partial charge in [0.2, 0.25) is 5.78 Å². The van der Waals surface area contributed by atoms with Gasteiger partial charge in [-0.3, -0.25) is 4.79 Å². The van der Waals surface area contributed by atoms with Gasteiger partial charge in [-0.25, -0.2) is 0 Å². The third kappa shape index (κ3) is 8.13. The molecule has 1 saturated heterocycles. The molecule has 8 rings (SSSR count). The van der Waals surface area contributed by atoms with E-state index in [2.05, 4.69) is 24.8 Å². The molecule has 0 spiro atoms. The van der Waals surface area contributed by atoms with Crippen molar-refractivity contribution in [3.63, 3.8) is 0 Å². The topological polar surface area (TPSA) is 94.1 Å². The van der Waals surface area contributed by atoms with E-state index in [4.69, 9.17) is 27.6 Å². The molecule has 4 aliphatic rings. The molecule has 56 heavy (non-hydrogen) atoms. The summed E-state index contributed by atoms with van der Waals surface area (Å²) in [6, 6.07) is 18.9. The van der Waals surface area contributed by atoms with E-state index in [1.165, 1.54) is 17.7 Å². The van der Waals surface area contributed by atoms with E-state index in [-0.39, 0.29) is 28.0 Å². The van der Waals surface area contributed by atoms with Crippen LogP contribution in [0.5, 0.6) is 0 Å². The Hall–Kier alpha value is -3.44. The number of allylic oxidation sites excluding steroid dienone is 2. The van der Waals surface area contributed by atoms with Crippen LogP contribution in [0.1, 0.15) is 110 Å². The normalized spacial score (nSPS) is 26.1. The van der Waals surface area contributed by atoms with Crippen LogP contribution in [0, 0.1) is 5.41 Å². The Kier molecular flexibility index (Phi) is 11.4. The molecule has 6 nitrogen and oxygen atoms in total. The second-order valence-electron chi connectivity index (χ2n) is 16.4. The number of nitrogens with zero attached hydrogens (tertiary/aromatic N) is 1. The Labute approximate surface area is 335 Å². The second kappa shape index (κ2) is 15.7. The summed E-state index contributed by atoms with van der Waals surface area (Å²) in [5.41, 5.74) is 0.268. The van der Waals surface area contributed by atoms with Crippen LogP contribution < -0.4 is 0 Å². The number of halogens is 5. The van der Waals surface area contributed by atoms with Crippen molar-refractivity contribution < 1.29 is 37.7 Å². The number of aliphatic hydroxyl groups is 3. The van der Waals surface area contributed by atoms with Crippen LogP contribution in [0.2, 0.25) is 10.0 Å². The molecule has 3 N–H and O–H groups in total. The van der Waals surface area contributed by atoms with Gasteiger partial charge in [0.25, 0.3) is 0 Å². The van der Waals surface area contributed by atoms with Crippen molar-refractivity contribution in [1.82, 2.24) is 4.90 Å². The minimum absolute atomic E-state index is 0.0215. The molecule has 2 fully saturated rings. The summed E-state index contributed by atoms with van der Waals surface area (Å²) >= 11 is 12.4. The van der Waals surface area contributed by atoms with Crippen molar-refractivity contribution in [3.8, 4) is 11.3 Å². The van der Waals surface area contributed by atoms with Gasteiger partial charge in [0.05, 0.1) is 27.9 Å². The van der Waals surface area contributed by atoms with Crippen LogP contribution in [0.15, 0.2) is 88.9 Å². The lowest BCUT2D eigenvalue weighted by Crippen LogP contribution is -2.55. The van der Waals surface area contributed by atoms with Crippen molar-refractivity contribution in [1.29, 1.82) is 0 Å². The van der Waals surface area contributed by atoms with Gasteiger partial charge in [0, 0.05) is 41.2 Å². The van der Waals surface area contributed by atoms with Crippen LogP contribution in [-0.4, -0.2) is 57.3 Å². The quantitative estimate of drug-likeness (QED) is 0.133. The van der Waals surface area contributed by atoms with E-state index in [0.717, 1.165) is 34.9 Å². The molecular formula is C45H48Cl2F3NO5. The highest BCUT2D eigenvalue weighted by Gasteiger charge is 2.57. The summed E-state index contributed by atoms with van der Waals surface area (Å²) in [6.45, 7) is 5.80. The van der Waals surface area contributed by atoms with Gasteiger partial charge in [-0.15, -0.1) is 0 Å². The number of likely N-dealkylation sites (tertiary alicyclic amines) is 1. The first-order valence-corrected chi connectivity index (χ1v) is 20.1. The Balaban J connectivity index is 1.22. The maximum atomic E-state index is 14.6. The molecule has 1 saturated carbocycles. The molecule has 1 aromatic heterocycles. The highest BCUT2D eigenvalue weighted by Crippen LogP contribution is 2.59. The molecule has 2 heterocycles. The monoisotopic (exact) mass is 809 g/mol. The molecular weight excluding hydrogens is 762 g/mol. The van der Waals surface area contributed by atoms with Crippen LogP contribution in [0.3, 0.4) is 0 Å². The van der Waals surface area contributed by atoms with Gasteiger partial charge in [-0.05, 0) is 136 Å². The minimum atomic E-state index is -4.59. The van der Waals surface area contributed by atoms with Gasteiger partial charge in [-0.1, -0.05) is 66.0 Å². The minimum Gasteiger partial charge on any atom is -0.453 e. The zero-order valence-electron chi connectivity index (χ0n) is 31.6. The molecule has 3 aromatic carbocycles. The van der Waals surface area contributed by atoms with E-state index >= 15 is 0 Å². The molecule has 1 aliphatic heterocycles. The van der Waals surface area contributed by atoms with E-state index in [9.17, 15) is 33.3 Å². The summed E-state index contributed by atoms with van der Waals surface area (Å²) in [4.78, 5) is 16.8. The average molecular weight is 811 g/mol. The Morgan fingerprint density at radius 3 is 2.38 bits per heavy atom. The molecule has 4 unspecified atom stereocenters. The number of carbonyl (C=O) groups is 1. The molecule has 0 amide bonds. The van der Waals surface area contributed by atoms with E-state index in [0.29, 0.717) is 88.0 Å².